The summed E-state index contributed by atoms with van der Waals surface area (Å²) in [5, 5.41) is 4.65. The van der Waals surface area contributed by atoms with Crippen LogP contribution in [-0.2, 0) is 11.3 Å². The molecular formula is C21H21Cl2N3O2S. The Kier molecular flexibility index (Phi) is 6.88. The lowest BCUT2D eigenvalue weighted by Crippen LogP contribution is -2.34. The molecule has 3 aromatic rings. The van der Waals surface area contributed by atoms with Crippen molar-refractivity contribution in [3.8, 4) is 0 Å². The Morgan fingerprint density at radius 3 is 2.62 bits per heavy atom. The first-order valence-corrected chi connectivity index (χ1v) is 10.9. The quantitative estimate of drug-likeness (QED) is 0.420. The monoisotopic (exact) mass is 449 g/mol. The standard InChI is InChI=1S/C21H21Cl2N3O2S/c1-4-26-20(28)16-7-5-6-8-18(16)25-21(26)29-13(3)19(27)24-12(2)15-10-9-14(22)11-17(15)23/h5-13H,4H2,1-3H3,(H,24,27). The zero-order valence-electron chi connectivity index (χ0n) is 16.3. The Bertz CT molecular complexity index is 1120. The molecule has 1 heterocycles. The van der Waals surface area contributed by atoms with Crippen molar-refractivity contribution in [3.05, 3.63) is 68.4 Å². The van der Waals surface area contributed by atoms with Gasteiger partial charge in [-0.3, -0.25) is 14.2 Å². The highest BCUT2D eigenvalue weighted by Gasteiger charge is 2.21. The van der Waals surface area contributed by atoms with Crippen molar-refractivity contribution < 1.29 is 4.79 Å². The molecule has 0 aliphatic carbocycles. The van der Waals surface area contributed by atoms with Gasteiger partial charge in [-0.1, -0.05) is 53.2 Å². The molecule has 8 heteroatoms. The van der Waals surface area contributed by atoms with Crippen LogP contribution in [-0.4, -0.2) is 20.7 Å². The van der Waals surface area contributed by atoms with E-state index in [1.165, 1.54) is 11.8 Å². The van der Waals surface area contributed by atoms with Gasteiger partial charge in [-0.15, -0.1) is 0 Å². The molecule has 2 aromatic carbocycles. The fraction of sp³-hybridized carbons (Fsp3) is 0.286. The number of amides is 1. The number of benzene rings is 2. The Labute approximate surface area is 183 Å². The second-order valence-electron chi connectivity index (χ2n) is 6.62. The highest BCUT2D eigenvalue weighted by Crippen LogP contribution is 2.27. The lowest BCUT2D eigenvalue weighted by Gasteiger charge is -2.19. The number of fused-ring (bicyclic) bond motifs is 1. The fourth-order valence-corrected chi connectivity index (χ4v) is 4.54. The van der Waals surface area contributed by atoms with E-state index < -0.39 is 5.25 Å². The summed E-state index contributed by atoms with van der Waals surface area (Å²) in [5.41, 5.74) is 1.31. The number of carbonyl (C=O) groups is 1. The van der Waals surface area contributed by atoms with E-state index >= 15 is 0 Å². The molecule has 0 bridgehead atoms. The van der Waals surface area contributed by atoms with Gasteiger partial charge in [0, 0.05) is 16.6 Å². The van der Waals surface area contributed by atoms with Crippen LogP contribution in [0.5, 0.6) is 0 Å². The smallest absolute Gasteiger partial charge is 0.262 e. The summed E-state index contributed by atoms with van der Waals surface area (Å²) in [6.07, 6.45) is 0. The maximum atomic E-state index is 12.7. The number of nitrogens with one attached hydrogen (secondary N) is 1. The van der Waals surface area contributed by atoms with E-state index in [1.54, 1.807) is 41.8 Å². The number of hydrogen-bond donors (Lipinski definition) is 1. The predicted octanol–water partition coefficient (Wildman–Crippen LogP) is 5.08. The van der Waals surface area contributed by atoms with E-state index in [1.807, 2.05) is 26.0 Å². The summed E-state index contributed by atoms with van der Waals surface area (Å²) < 4.78 is 1.59. The highest BCUT2D eigenvalue weighted by molar-refractivity contribution is 8.00. The molecule has 0 saturated carbocycles. The van der Waals surface area contributed by atoms with Gasteiger partial charge in [0.25, 0.3) is 5.56 Å². The lowest BCUT2D eigenvalue weighted by molar-refractivity contribution is -0.120. The SMILES string of the molecule is CCn1c(SC(C)C(=O)NC(C)c2ccc(Cl)cc2Cl)nc2ccccc2c1=O. The Balaban J connectivity index is 1.80. The summed E-state index contributed by atoms with van der Waals surface area (Å²) in [4.78, 5) is 30.1. The molecule has 0 spiro atoms. The molecule has 1 aromatic heterocycles. The molecule has 2 unspecified atom stereocenters. The number of rotatable bonds is 6. The molecule has 0 aliphatic heterocycles. The first-order valence-electron chi connectivity index (χ1n) is 9.23. The van der Waals surface area contributed by atoms with Gasteiger partial charge in [-0.2, -0.15) is 0 Å². The van der Waals surface area contributed by atoms with Gasteiger partial charge in [0.05, 0.1) is 22.2 Å². The van der Waals surface area contributed by atoms with Crippen LogP contribution >= 0.6 is 35.0 Å². The largest absolute Gasteiger partial charge is 0.349 e. The molecule has 1 N–H and O–H groups in total. The average molecular weight is 450 g/mol. The molecule has 0 radical (unpaired) electrons. The van der Waals surface area contributed by atoms with Gasteiger partial charge >= 0.3 is 0 Å². The molecule has 29 heavy (non-hydrogen) atoms. The summed E-state index contributed by atoms with van der Waals surface area (Å²) in [5.74, 6) is -0.168. The van der Waals surface area contributed by atoms with Gasteiger partial charge < -0.3 is 5.32 Å². The average Bonchev–Trinajstić information content (AvgIpc) is 2.68. The lowest BCUT2D eigenvalue weighted by atomic mass is 10.1. The van der Waals surface area contributed by atoms with Crippen LogP contribution in [0.2, 0.25) is 10.0 Å². The topological polar surface area (TPSA) is 64.0 Å². The summed E-state index contributed by atoms with van der Waals surface area (Å²) in [7, 11) is 0. The maximum absolute atomic E-state index is 12.7. The van der Waals surface area contributed by atoms with E-state index in [2.05, 4.69) is 10.3 Å². The first-order chi connectivity index (χ1) is 13.8. The van der Waals surface area contributed by atoms with Gasteiger partial charge in [-0.05, 0) is 50.6 Å². The third-order valence-corrected chi connectivity index (χ3v) is 6.23. The van der Waals surface area contributed by atoms with Crippen LogP contribution in [0.3, 0.4) is 0 Å². The van der Waals surface area contributed by atoms with Crippen LogP contribution in [0.15, 0.2) is 52.4 Å². The zero-order valence-corrected chi connectivity index (χ0v) is 18.6. The van der Waals surface area contributed by atoms with Crippen molar-refractivity contribution in [2.75, 3.05) is 0 Å². The first kappa shape index (κ1) is 21.7. The molecule has 0 aliphatic rings. The van der Waals surface area contributed by atoms with Gasteiger partial charge in [0.15, 0.2) is 5.16 Å². The van der Waals surface area contributed by atoms with Crippen molar-refractivity contribution in [2.24, 2.45) is 0 Å². The number of nitrogens with zero attached hydrogens (tertiary/aromatic N) is 2. The third-order valence-electron chi connectivity index (χ3n) is 4.58. The summed E-state index contributed by atoms with van der Waals surface area (Å²) in [6, 6.07) is 12.1. The molecule has 3 rings (SSSR count). The molecule has 1 amide bonds. The molecule has 5 nitrogen and oxygen atoms in total. The van der Waals surface area contributed by atoms with Crippen molar-refractivity contribution in [1.29, 1.82) is 0 Å². The highest BCUT2D eigenvalue weighted by atomic mass is 35.5. The van der Waals surface area contributed by atoms with Crippen LogP contribution in [0.25, 0.3) is 10.9 Å². The van der Waals surface area contributed by atoms with Gasteiger partial charge in [0.2, 0.25) is 5.91 Å². The van der Waals surface area contributed by atoms with Crippen molar-refractivity contribution in [1.82, 2.24) is 14.9 Å². The minimum absolute atomic E-state index is 0.102. The minimum Gasteiger partial charge on any atom is -0.349 e. The Morgan fingerprint density at radius 2 is 1.93 bits per heavy atom. The normalized spacial score (nSPS) is 13.3. The van der Waals surface area contributed by atoms with Crippen LogP contribution < -0.4 is 10.9 Å². The maximum Gasteiger partial charge on any atom is 0.262 e. The van der Waals surface area contributed by atoms with E-state index in [9.17, 15) is 9.59 Å². The predicted molar refractivity (Wildman–Crippen MR) is 120 cm³/mol. The molecule has 0 fully saturated rings. The number of para-hydroxylation sites is 1. The van der Waals surface area contributed by atoms with Crippen molar-refractivity contribution in [2.45, 2.75) is 43.8 Å². The fourth-order valence-electron chi connectivity index (χ4n) is 2.99. The van der Waals surface area contributed by atoms with E-state index in [0.717, 1.165) is 5.56 Å². The zero-order chi connectivity index (χ0) is 21.1. The van der Waals surface area contributed by atoms with E-state index in [4.69, 9.17) is 23.2 Å². The van der Waals surface area contributed by atoms with Crippen LogP contribution in [0.1, 0.15) is 32.4 Å². The van der Waals surface area contributed by atoms with Crippen molar-refractivity contribution in [3.63, 3.8) is 0 Å². The van der Waals surface area contributed by atoms with Gasteiger partial charge in [0.1, 0.15) is 0 Å². The number of halogens is 2. The number of carbonyl (C=O) groups excluding carboxylic acids is 1. The van der Waals surface area contributed by atoms with Crippen molar-refractivity contribution >= 4 is 51.8 Å². The van der Waals surface area contributed by atoms with Crippen LogP contribution in [0.4, 0.5) is 0 Å². The van der Waals surface area contributed by atoms with Crippen LogP contribution in [0, 0.1) is 0 Å². The van der Waals surface area contributed by atoms with Gasteiger partial charge in [-0.25, -0.2) is 4.98 Å². The summed E-state index contributed by atoms with van der Waals surface area (Å²) >= 11 is 13.4. The number of thioether (sulfide) groups is 1. The minimum atomic E-state index is -0.450. The Morgan fingerprint density at radius 1 is 1.21 bits per heavy atom. The second kappa shape index (κ2) is 9.20. The summed E-state index contributed by atoms with van der Waals surface area (Å²) in [6.45, 7) is 6.01. The molecule has 152 valence electrons. The number of aromatic nitrogens is 2. The number of hydrogen-bond acceptors (Lipinski definition) is 4. The third kappa shape index (κ3) is 4.77. The molecular weight excluding hydrogens is 429 g/mol. The van der Waals surface area contributed by atoms with E-state index in [0.29, 0.717) is 32.6 Å². The second-order valence-corrected chi connectivity index (χ2v) is 8.77. The Hall–Kier alpha value is -2.02. The van der Waals surface area contributed by atoms with E-state index in [-0.39, 0.29) is 17.5 Å². The molecule has 0 saturated heterocycles. The molecule has 2 atom stereocenters.